The highest BCUT2D eigenvalue weighted by Crippen LogP contribution is 2.30. The lowest BCUT2D eigenvalue weighted by atomic mass is 10.4. The zero-order valence-electron chi connectivity index (χ0n) is 7.44. The van der Waals surface area contributed by atoms with Crippen LogP contribution in [0.15, 0.2) is 11.4 Å². The van der Waals surface area contributed by atoms with Crippen molar-refractivity contribution >= 4 is 27.9 Å². The standard InChI is InChI=1S/C7H9N3O3S/c1-8-6(11)4-9-5-2-3-14-7(5)10(12)13/h2-3,9H,4H2,1H3,(H,8,11). The number of likely N-dealkylation sites (N-methyl/N-ethyl adjacent to an activating group) is 1. The predicted molar refractivity (Wildman–Crippen MR) is 53.5 cm³/mol. The highest BCUT2D eigenvalue weighted by molar-refractivity contribution is 7.14. The number of amides is 1. The second-order valence-electron chi connectivity index (χ2n) is 2.42. The van der Waals surface area contributed by atoms with Crippen molar-refractivity contribution < 1.29 is 9.72 Å². The quantitative estimate of drug-likeness (QED) is 0.575. The Morgan fingerprint density at radius 2 is 2.43 bits per heavy atom. The van der Waals surface area contributed by atoms with E-state index in [-0.39, 0.29) is 17.5 Å². The van der Waals surface area contributed by atoms with Crippen LogP contribution >= 0.6 is 11.3 Å². The van der Waals surface area contributed by atoms with Crippen molar-refractivity contribution in [2.45, 2.75) is 0 Å². The first kappa shape index (κ1) is 10.5. The van der Waals surface area contributed by atoms with Crippen LogP contribution < -0.4 is 10.6 Å². The maximum absolute atomic E-state index is 10.8. The van der Waals surface area contributed by atoms with Gasteiger partial charge in [-0.25, -0.2) is 0 Å². The van der Waals surface area contributed by atoms with Crippen molar-refractivity contribution in [3.8, 4) is 0 Å². The summed E-state index contributed by atoms with van der Waals surface area (Å²) in [6, 6.07) is 1.58. The Bertz CT molecular complexity index is 350. The number of hydrogen-bond donors (Lipinski definition) is 2. The summed E-state index contributed by atoms with van der Waals surface area (Å²) in [5, 5.41) is 17.2. The molecule has 0 saturated heterocycles. The molecule has 0 aliphatic rings. The van der Waals surface area contributed by atoms with Crippen molar-refractivity contribution in [2.75, 3.05) is 18.9 Å². The molecule has 1 rings (SSSR count). The lowest BCUT2D eigenvalue weighted by Crippen LogP contribution is -2.26. The molecule has 0 atom stereocenters. The van der Waals surface area contributed by atoms with E-state index in [4.69, 9.17) is 0 Å². The van der Waals surface area contributed by atoms with Gasteiger partial charge >= 0.3 is 5.00 Å². The molecule has 1 heterocycles. The van der Waals surface area contributed by atoms with E-state index in [0.29, 0.717) is 5.69 Å². The Kier molecular flexibility index (Phi) is 3.41. The molecule has 1 amide bonds. The van der Waals surface area contributed by atoms with E-state index < -0.39 is 4.92 Å². The van der Waals surface area contributed by atoms with E-state index in [1.165, 1.54) is 7.05 Å². The monoisotopic (exact) mass is 215 g/mol. The number of carbonyl (C=O) groups excluding carboxylic acids is 1. The molecule has 0 aromatic carbocycles. The number of carbonyl (C=O) groups is 1. The van der Waals surface area contributed by atoms with Crippen LogP contribution in [0.2, 0.25) is 0 Å². The van der Waals surface area contributed by atoms with Gasteiger partial charge in [0.25, 0.3) is 0 Å². The number of hydrogen-bond acceptors (Lipinski definition) is 5. The zero-order valence-corrected chi connectivity index (χ0v) is 8.26. The largest absolute Gasteiger partial charge is 0.370 e. The summed E-state index contributed by atoms with van der Waals surface area (Å²) in [5.74, 6) is -0.217. The molecule has 0 saturated carbocycles. The minimum absolute atomic E-state index is 0.0221. The van der Waals surface area contributed by atoms with Crippen LogP contribution in [0.3, 0.4) is 0 Å². The van der Waals surface area contributed by atoms with Gasteiger partial charge in [-0.1, -0.05) is 11.3 Å². The highest BCUT2D eigenvalue weighted by atomic mass is 32.1. The SMILES string of the molecule is CNC(=O)CNc1ccsc1[N+](=O)[O-]. The summed E-state index contributed by atoms with van der Waals surface area (Å²) in [4.78, 5) is 20.8. The fraction of sp³-hybridized carbons (Fsp3) is 0.286. The van der Waals surface area contributed by atoms with Gasteiger partial charge in [0, 0.05) is 7.05 Å². The summed E-state index contributed by atoms with van der Waals surface area (Å²) in [7, 11) is 1.51. The normalized spacial score (nSPS) is 9.50. The van der Waals surface area contributed by atoms with E-state index in [1.54, 1.807) is 11.4 Å². The minimum atomic E-state index is -0.475. The lowest BCUT2D eigenvalue weighted by Gasteiger charge is -2.01. The van der Waals surface area contributed by atoms with Crippen LogP contribution in [0.5, 0.6) is 0 Å². The summed E-state index contributed by atoms with van der Waals surface area (Å²) in [6.45, 7) is 0.0358. The van der Waals surface area contributed by atoms with E-state index in [0.717, 1.165) is 11.3 Å². The van der Waals surface area contributed by atoms with Gasteiger partial charge in [0.15, 0.2) is 0 Å². The molecule has 0 radical (unpaired) electrons. The van der Waals surface area contributed by atoms with Crippen LogP contribution in [0.4, 0.5) is 10.7 Å². The molecule has 0 aliphatic heterocycles. The topological polar surface area (TPSA) is 84.3 Å². The molecule has 76 valence electrons. The zero-order chi connectivity index (χ0) is 10.6. The average molecular weight is 215 g/mol. The molecule has 0 fully saturated rings. The van der Waals surface area contributed by atoms with Crippen molar-refractivity contribution in [1.29, 1.82) is 0 Å². The predicted octanol–water partition coefficient (Wildman–Crippen LogP) is 0.814. The van der Waals surface area contributed by atoms with Crippen LogP contribution in [0.25, 0.3) is 0 Å². The van der Waals surface area contributed by atoms with Crippen LogP contribution in [0, 0.1) is 10.1 Å². The molecule has 14 heavy (non-hydrogen) atoms. The molecule has 1 aromatic heterocycles. The fourth-order valence-electron chi connectivity index (χ4n) is 0.841. The second-order valence-corrected chi connectivity index (χ2v) is 3.32. The molecule has 0 bridgehead atoms. The Balaban J connectivity index is 2.63. The number of anilines is 1. The van der Waals surface area contributed by atoms with Gasteiger partial charge in [0.2, 0.25) is 5.91 Å². The summed E-state index contributed by atoms with van der Waals surface area (Å²) in [6.07, 6.45) is 0. The number of rotatable bonds is 4. The maximum Gasteiger partial charge on any atom is 0.347 e. The summed E-state index contributed by atoms with van der Waals surface area (Å²) in [5.41, 5.74) is 0.378. The highest BCUT2D eigenvalue weighted by Gasteiger charge is 2.15. The number of nitrogens with zero attached hydrogens (tertiary/aromatic N) is 1. The third kappa shape index (κ3) is 2.43. The lowest BCUT2D eigenvalue weighted by molar-refractivity contribution is -0.379. The summed E-state index contributed by atoms with van der Waals surface area (Å²) >= 11 is 1.02. The molecule has 6 nitrogen and oxygen atoms in total. The number of thiophene rings is 1. The molecular weight excluding hydrogens is 206 g/mol. The van der Waals surface area contributed by atoms with Crippen LogP contribution in [-0.2, 0) is 4.79 Å². The smallest absolute Gasteiger partial charge is 0.347 e. The summed E-state index contributed by atoms with van der Waals surface area (Å²) < 4.78 is 0. The van der Waals surface area contributed by atoms with E-state index >= 15 is 0 Å². The Morgan fingerprint density at radius 3 is 3.00 bits per heavy atom. The van der Waals surface area contributed by atoms with E-state index in [1.807, 2.05) is 0 Å². The third-order valence-corrected chi connectivity index (χ3v) is 2.39. The van der Waals surface area contributed by atoms with Crippen LogP contribution in [-0.4, -0.2) is 24.4 Å². The average Bonchev–Trinajstić information content (AvgIpc) is 2.62. The molecule has 1 aromatic rings. The van der Waals surface area contributed by atoms with Gasteiger partial charge < -0.3 is 10.6 Å². The molecular formula is C7H9N3O3S. The van der Waals surface area contributed by atoms with Crippen molar-refractivity contribution in [1.82, 2.24) is 5.32 Å². The third-order valence-electron chi connectivity index (χ3n) is 1.53. The van der Waals surface area contributed by atoms with Gasteiger partial charge in [-0.3, -0.25) is 14.9 Å². The van der Waals surface area contributed by atoms with Crippen molar-refractivity contribution in [2.24, 2.45) is 0 Å². The van der Waals surface area contributed by atoms with Gasteiger partial charge in [0.1, 0.15) is 5.69 Å². The molecule has 0 spiro atoms. The fourth-order valence-corrected chi connectivity index (χ4v) is 1.53. The minimum Gasteiger partial charge on any atom is -0.370 e. The van der Waals surface area contributed by atoms with Gasteiger partial charge in [0.05, 0.1) is 11.5 Å². The first-order valence-electron chi connectivity index (χ1n) is 3.81. The molecule has 0 unspecified atom stereocenters. The van der Waals surface area contributed by atoms with Crippen LogP contribution in [0.1, 0.15) is 0 Å². The van der Waals surface area contributed by atoms with Gasteiger partial charge in [-0.15, -0.1) is 0 Å². The van der Waals surface area contributed by atoms with Gasteiger partial charge in [-0.05, 0) is 11.4 Å². The second kappa shape index (κ2) is 4.56. The molecule has 0 aliphatic carbocycles. The van der Waals surface area contributed by atoms with Gasteiger partial charge in [-0.2, -0.15) is 0 Å². The number of nitro groups is 1. The first-order valence-corrected chi connectivity index (χ1v) is 4.69. The Labute approximate surface area is 84.1 Å². The molecule has 2 N–H and O–H groups in total. The Hall–Kier alpha value is -1.63. The first-order chi connectivity index (χ1) is 6.65. The molecule has 7 heteroatoms. The maximum atomic E-state index is 10.8. The number of nitrogens with one attached hydrogen (secondary N) is 2. The van der Waals surface area contributed by atoms with Crippen molar-refractivity contribution in [3.05, 3.63) is 21.6 Å². The van der Waals surface area contributed by atoms with E-state index in [9.17, 15) is 14.9 Å². The van der Waals surface area contributed by atoms with Crippen molar-refractivity contribution in [3.63, 3.8) is 0 Å². The Morgan fingerprint density at radius 1 is 1.71 bits per heavy atom. The van der Waals surface area contributed by atoms with E-state index in [2.05, 4.69) is 10.6 Å².